The normalized spacial score (nSPS) is 11.0. The van der Waals surface area contributed by atoms with Gasteiger partial charge in [0.2, 0.25) is 0 Å². The molecule has 0 aliphatic heterocycles. The molecule has 0 saturated heterocycles. The quantitative estimate of drug-likeness (QED) is 0.274. The molecule has 0 aliphatic carbocycles. The van der Waals surface area contributed by atoms with Gasteiger partial charge in [-0.05, 0) is 39.9 Å². The molecule has 122 valence electrons. The van der Waals surface area contributed by atoms with Crippen LogP contribution in [0.2, 0.25) is 5.02 Å². The van der Waals surface area contributed by atoms with Crippen LogP contribution in [-0.4, -0.2) is 0 Å². The van der Waals surface area contributed by atoms with Crippen LogP contribution >= 0.6 is 43.5 Å². The molecule has 0 radical (unpaired) electrons. The molecule has 0 amide bonds. The molecule has 3 aromatic rings. The fourth-order valence-corrected chi connectivity index (χ4v) is 3.81. The van der Waals surface area contributed by atoms with Crippen molar-refractivity contribution in [3.05, 3.63) is 106 Å². The molecular weight excluding hydrogens is 447 g/mol. The summed E-state index contributed by atoms with van der Waals surface area (Å²) < 4.78 is 0. The van der Waals surface area contributed by atoms with Crippen LogP contribution < -0.4 is 0 Å². The Morgan fingerprint density at radius 3 is 1.58 bits per heavy atom. The maximum atomic E-state index is 6.25. The maximum Gasteiger partial charge on any atom is 0.0409 e. The fourth-order valence-electron chi connectivity index (χ4n) is 2.86. The molecular formula is C21H17Br2Cl. The van der Waals surface area contributed by atoms with Crippen LogP contribution in [-0.2, 0) is 10.7 Å². The van der Waals surface area contributed by atoms with Crippen molar-refractivity contribution in [3.8, 4) is 0 Å². The monoisotopic (exact) mass is 462 g/mol. The zero-order chi connectivity index (χ0) is 16.9. The van der Waals surface area contributed by atoms with Gasteiger partial charge in [-0.3, -0.25) is 0 Å². The summed E-state index contributed by atoms with van der Waals surface area (Å²) in [5.74, 6) is 0.178. The van der Waals surface area contributed by atoms with Crippen molar-refractivity contribution < 1.29 is 0 Å². The lowest BCUT2D eigenvalue weighted by atomic mass is 9.84. The Morgan fingerprint density at radius 2 is 1.17 bits per heavy atom. The Balaban J connectivity index is 2.08. The summed E-state index contributed by atoms with van der Waals surface area (Å²) in [6.07, 6.45) is 0. The van der Waals surface area contributed by atoms with Gasteiger partial charge in [0.05, 0.1) is 0 Å². The van der Waals surface area contributed by atoms with E-state index >= 15 is 0 Å². The molecule has 3 rings (SSSR count). The van der Waals surface area contributed by atoms with Gasteiger partial charge < -0.3 is 0 Å². The summed E-state index contributed by atoms with van der Waals surface area (Å²) >= 11 is 13.3. The highest BCUT2D eigenvalue weighted by atomic mass is 79.9. The third-order valence-electron chi connectivity index (χ3n) is 4.12. The summed E-state index contributed by atoms with van der Waals surface area (Å²) in [6, 6.07) is 25.7. The summed E-state index contributed by atoms with van der Waals surface area (Å²) in [5, 5.41) is 2.51. The largest absolute Gasteiger partial charge is 0.0876 e. The predicted molar refractivity (Wildman–Crippen MR) is 111 cm³/mol. The van der Waals surface area contributed by atoms with Crippen molar-refractivity contribution in [1.29, 1.82) is 0 Å². The van der Waals surface area contributed by atoms with E-state index in [1.54, 1.807) is 0 Å². The summed E-state index contributed by atoms with van der Waals surface area (Å²) in [5.41, 5.74) is 6.30. The van der Waals surface area contributed by atoms with Crippen LogP contribution in [0.1, 0.15) is 33.7 Å². The number of halogens is 3. The van der Waals surface area contributed by atoms with Crippen LogP contribution in [0, 0.1) is 0 Å². The minimum absolute atomic E-state index is 0.178. The smallest absolute Gasteiger partial charge is 0.0409 e. The number of hydrogen-bond donors (Lipinski definition) is 0. The molecule has 0 aromatic heterocycles. The van der Waals surface area contributed by atoms with Crippen LogP contribution in [0.5, 0.6) is 0 Å². The second-order valence-electron chi connectivity index (χ2n) is 5.74. The lowest BCUT2D eigenvalue weighted by Gasteiger charge is -2.20. The molecule has 3 aromatic carbocycles. The zero-order valence-corrected chi connectivity index (χ0v) is 17.0. The molecule has 3 heteroatoms. The van der Waals surface area contributed by atoms with Gasteiger partial charge in [-0.25, -0.2) is 0 Å². The van der Waals surface area contributed by atoms with Gasteiger partial charge in [0.1, 0.15) is 0 Å². The molecule has 0 spiro atoms. The Morgan fingerprint density at radius 1 is 0.667 bits per heavy atom. The van der Waals surface area contributed by atoms with Gasteiger partial charge >= 0.3 is 0 Å². The minimum Gasteiger partial charge on any atom is -0.0876 e. The van der Waals surface area contributed by atoms with Crippen molar-refractivity contribution in [3.63, 3.8) is 0 Å². The zero-order valence-electron chi connectivity index (χ0n) is 13.1. The molecule has 24 heavy (non-hydrogen) atoms. The third-order valence-corrected chi connectivity index (χ3v) is 5.65. The van der Waals surface area contributed by atoms with E-state index in [1.165, 1.54) is 27.8 Å². The van der Waals surface area contributed by atoms with Crippen LogP contribution in [0.4, 0.5) is 0 Å². The first kappa shape index (κ1) is 17.7. The van der Waals surface area contributed by atoms with Crippen molar-refractivity contribution in [2.75, 3.05) is 0 Å². The Labute approximate surface area is 165 Å². The highest BCUT2D eigenvalue weighted by Crippen LogP contribution is 2.33. The SMILES string of the molecule is Clc1cccc(C(c2ccc(CBr)cc2)c2ccc(CBr)cc2)c1. The summed E-state index contributed by atoms with van der Waals surface area (Å²) in [6.45, 7) is 0. The predicted octanol–water partition coefficient (Wildman–Crippen LogP) is 7.31. The average Bonchev–Trinajstić information content (AvgIpc) is 2.63. The summed E-state index contributed by atoms with van der Waals surface area (Å²) in [7, 11) is 0. The van der Waals surface area contributed by atoms with E-state index in [0.29, 0.717) is 0 Å². The first-order chi connectivity index (χ1) is 11.7. The molecule has 0 fully saturated rings. The van der Waals surface area contributed by atoms with Gasteiger partial charge in [-0.15, -0.1) is 0 Å². The maximum absolute atomic E-state index is 6.25. The molecule has 0 N–H and O–H groups in total. The van der Waals surface area contributed by atoms with Crippen LogP contribution in [0.25, 0.3) is 0 Å². The Bertz CT molecular complexity index is 747. The first-order valence-corrected chi connectivity index (χ1v) is 10.4. The molecule has 0 unspecified atom stereocenters. The van der Waals surface area contributed by atoms with E-state index in [9.17, 15) is 0 Å². The highest BCUT2D eigenvalue weighted by Gasteiger charge is 2.17. The Kier molecular flexibility index (Phi) is 6.15. The topological polar surface area (TPSA) is 0 Å². The van der Waals surface area contributed by atoms with Gasteiger partial charge in [0, 0.05) is 21.6 Å². The molecule has 0 bridgehead atoms. The summed E-state index contributed by atoms with van der Waals surface area (Å²) in [4.78, 5) is 0. The second-order valence-corrected chi connectivity index (χ2v) is 7.30. The van der Waals surface area contributed by atoms with Gasteiger partial charge in [-0.1, -0.05) is 104 Å². The average molecular weight is 465 g/mol. The standard InChI is InChI=1S/C21H17Br2Cl/c22-13-15-4-8-17(9-5-15)21(19-2-1-3-20(24)12-19)18-10-6-16(14-23)7-11-18/h1-12,21H,13-14H2. The number of rotatable bonds is 5. The van der Waals surface area contributed by atoms with E-state index in [4.69, 9.17) is 11.6 Å². The third kappa shape index (κ3) is 4.11. The van der Waals surface area contributed by atoms with Crippen molar-refractivity contribution >= 4 is 43.5 Å². The fraction of sp³-hybridized carbons (Fsp3) is 0.143. The van der Waals surface area contributed by atoms with E-state index in [1.807, 2.05) is 12.1 Å². The van der Waals surface area contributed by atoms with Crippen LogP contribution in [0.3, 0.4) is 0 Å². The number of benzene rings is 3. The number of alkyl halides is 2. The van der Waals surface area contributed by atoms with Crippen LogP contribution in [0.15, 0.2) is 72.8 Å². The lowest BCUT2D eigenvalue weighted by Crippen LogP contribution is -2.03. The highest BCUT2D eigenvalue weighted by molar-refractivity contribution is 9.08. The van der Waals surface area contributed by atoms with E-state index in [-0.39, 0.29) is 5.92 Å². The lowest BCUT2D eigenvalue weighted by molar-refractivity contribution is 0.974. The first-order valence-electron chi connectivity index (χ1n) is 7.76. The van der Waals surface area contributed by atoms with E-state index in [2.05, 4.69) is 92.5 Å². The van der Waals surface area contributed by atoms with Crippen molar-refractivity contribution in [1.82, 2.24) is 0 Å². The van der Waals surface area contributed by atoms with E-state index < -0.39 is 0 Å². The molecule has 0 saturated carbocycles. The van der Waals surface area contributed by atoms with Gasteiger partial charge in [-0.2, -0.15) is 0 Å². The van der Waals surface area contributed by atoms with Gasteiger partial charge in [0.15, 0.2) is 0 Å². The Hall–Kier alpha value is -1.09. The van der Waals surface area contributed by atoms with Crippen molar-refractivity contribution in [2.45, 2.75) is 16.6 Å². The number of hydrogen-bond acceptors (Lipinski definition) is 0. The second kappa shape index (κ2) is 8.33. The molecule has 0 heterocycles. The molecule has 0 nitrogen and oxygen atoms in total. The van der Waals surface area contributed by atoms with E-state index in [0.717, 1.165) is 15.7 Å². The van der Waals surface area contributed by atoms with Gasteiger partial charge in [0.25, 0.3) is 0 Å². The molecule has 0 atom stereocenters. The molecule has 0 aliphatic rings. The minimum atomic E-state index is 0.178. The van der Waals surface area contributed by atoms with Crippen molar-refractivity contribution in [2.24, 2.45) is 0 Å².